The zero-order valence-electron chi connectivity index (χ0n) is 18.6. The third-order valence-corrected chi connectivity index (χ3v) is 6.97. The fraction of sp³-hybridized carbons (Fsp3) is 0.250. The molecule has 1 aliphatic heterocycles. The lowest BCUT2D eigenvalue weighted by molar-refractivity contribution is 0.122. The van der Waals surface area contributed by atoms with Crippen LogP contribution < -0.4 is 15.0 Å². The van der Waals surface area contributed by atoms with Crippen LogP contribution in [0.3, 0.4) is 0 Å². The summed E-state index contributed by atoms with van der Waals surface area (Å²) in [5, 5.41) is 11.7. The molecule has 10 heteroatoms. The molecule has 4 aromatic heterocycles. The lowest BCUT2D eigenvalue weighted by Crippen LogP contribution is -2.36. The molecule has 0 unspecified atom stereocenters. The molecule has 1 aliphatic rings. The second-order valence-corrected chi connectivity index (χ2v) is 9.11. The minimum absolute atomic E-state index is 0.595. The molecular weight excluding hydrogens is 450 g/mol. The summed E-state index contributed by atoms with van der Waals surface area (Å²) < 4.78 is 11.8. The number of rotatable bonds is 6. The summed E-state index contributed by atoms with van der Waals surface area (Å²) in [6.45, 7) is 3.68. The zero-order chi connectivity index (χ0) is 22.9. The number of methoxy groups -OCH3 is 1. The van der Waals surface area contributed by atoms with Crippen LogP contribution in [0.2, 0.25) is 0 Å². The molecule has 0 amide bonds. The summed E-state index contributed by atoms with van der Waals surface area (Å²) in [5.74, 6) is 2.27. The number of pyridine rings is 1. The van der Waals surface area contributed by atoms with Gasteiger partial charge in [0, 0.05) is 41.5 Å². The predicted molar refractivity (Wildman–Crippen MR) is 134 cm³/mol. The van der Waals surface area contributed by atoms with E-state index in [2.05, 4.69) is 31.5 Å². The molecule has 0 bridgehead atoms. The third-order valence-electron chi connectivity index (χ3n) is 5.85. The summed E-state index contributed by atoms with van der Waals surface area (Å²) in [4.78, 5) is 17.8. The summed E-state index contributed by atoms with van der Waals surface area (Å²) in [5.41, 5.74) is 3.82. The number of nitrogens with one attached hydrogen (secondary N) is 2. The molecule has 0 atom stereocenters. The number of nitrogens with zero attached hydrogens (tertiary/aromatic N) is 5. The van der Waals surface area contributed by atoms with Gasteiger partial charge in [0.1, 0.15) is 0 Å². The highest BCUT2D eigenvalue weighted by Gasteiger charge is 2.21. The summed E-state index contributed by atoms with van der Waals surface area (Å²) >= 11 is 1.72. The van der Waals surface area contributed by atoms with Gasteiger partial charge >= 0.3 is 0 Å². The van der Waals surface area contributed by atoms with E-state index in [0.717, 1.165) is 51.3 Å². The number of morpholine rings is 1. The maximum Gasteiger partial charge on any atom is 0.213 e. The van der Waals surface area contributed by atoms with E-state index in [1.807, 2.05) is 36.5 Å². The van der Waals surface area contributed by atoms with Gasteiger partial charge in [0.05, 0.1) is 54.1 Å². The number of benzene rings is 1. The molecule has 9 nitrogen and oxygen atoms in total. The Morgan fingerprint density at radius 1 is 1.15 bits per heavy atom. The van der Waals surface area contributed by atoms with E-state index in [4.69, 9.17) is 19.4 Å². The molecule has 1 saturated heterocycles. The van der Waals surface area contributed by atoms with E-state index in [1.165, 1.54) is 4.88 Å². The highest BCUT2D eigenvalue weighted by Crippen LogP contribution is 2.36. The van der Waals surface area contributed by atoms with Gasteiger partial charge in [-0.3, -0.25) is 5.10 Å². The average molecular weight is 474 g/mol. The first-order chi connectivity index (χ1) is 16.8. The monoisotopic (exact) mass is 473 g/mol. The van der Waals surface area contributed by atoms with Gasteiger partial charge in [-0.25, -0.2) is 15.0 Å². The fourth-order valence-electron chi connectivity index (χ4n) is 4.12. The SMILES string of the molecule is COc1ccc(NCc2cc3nc(-c4cccc5[nH]ncc45)nc(N4CCOCC4)c3s2)cn1. The normalized spacial score (nSPS) is 14.1. The van der Waals surface area contributed by atoms with Gasteiger partial charge in [-0.15, -0.1) is 11.3 Å². The number of hydrogen-bond acceptors (Lipinski definition) is 9. The number of ether oxygens (including phenoxy) is 2. The smallest absolute Gasteiger partial charge is 0.213 e. The topological polar surface area (TPSA) is 101 Å². The van der Waals surface area contributed by atoms with Gasteiger partial charge in [0.15, 0.2) is 11.6 Å². The molecule has 0 radical (unpaired) electrons. The summed E-state index contributed by atoms with van der Waals surface area (Å²) in [6, 6.07) is 12.0. The van der Waals surface area contributed by atoms with Crippen molar-refractivity contribution in [2.75, 3.05) is 43.6 Å². The summed E-state index contributed by atoms with van der Waals surface area (Å²) in [7, 11) is 1.61. The second-order valence-electron chi connectivity index (χ2n) is 7.98. The molecule has 1 aromatic carbocycles. The molecule has 5 heterocycles. The Morgan fingerprint density at radius 2 is 2.06 bits per heavy atom. The lowest BCUT2D eigenvalue weighted by atomic mass is 10.1. The van der Waals surface area contributed by atoms with Crippen molar-refractivity contribution in [1.29, 1.82) is 0 Å². The van der Waals surface area contributed by atoms with Crippen molar-refractivity contribution in [3.8, 4) is 17.3 Å². The van der Waals surface area contributed by atoms with E-state index in [9.17, 15) is 0 Å². The first-order valence-electron chi connectivity index (χ1n) is 11.1. The van der Waals surface area contributed by atoms with Gasteiger partial charge < -0.3 is 19.7 Å². The van der Waals surface area contributed by atoms with Gasteiger partial charge in [0.25, 0.3) is 0 Å². The molecule has 0 spiro atoms. The standard InChI is InChI=1S/C24H23N7O2S/c1-32-21-6-5-15(12-26-21)25-13-16-11-20-22(34-16)24(31-7-9-33-10-8-31)29-23(28-20)17-3-2-4-19-18(17)14-27-30-19/h2-6,11-12,14,25H,7-10,13H2,1H3,(H,27,30). The van der Waals surface area contributed by atoms with Crippen LogP contribution in [0, 0.1) is 0 Å². The van der Waals surface area contributed by atoms with Crippen molar-refractivity contribution in [3.05, 3.63) is 53.7 Å². The van der Waals surface area contributed by atoms with Crippen LogP contribution in [0.25, 0.3) is 32.5 Å². The molecule has 172 valence electrons. The highest BCUT2D eigenvalue weighted by molar-refractivity contribution is 7.19. The van der Waals surface area contributed by atoms with Crippen molar-refractivity contribution < 1.29 is 9.47 Å². The van der Waals surface area contributed by atoms with Gasteiger partial charge in [-0.1, -0.05) is 12.1 Å². The molecule has 34 heavy (non-hydrogen) atoms. The van der Waals surface area contributed by atoms with Crippen molar-refractivity contribution in [2.45, 2.75) is 6.54 Å². The van der Waals surface area contributed by atoms with Gasteiger partial charge in [-0.05, 0) is 18.2 Å². The quantitative estimate of drug-likeness (QED) is 0.380. The Morgan fingerprint density at radius 3 is 2.88 bits per heavy atom. The first kappa shape index (κ1) is 20.8. The molecule has 6 rings (SSSR count). The Balaban J connectivity index is 1.39. The Hall–Kier alpha value is -3.76. The first-order valence-corrected chi connectivity index (χ1v) is 11.9. The fourth-order valence-corrected chi connectivity index (χ4v) is 5.17. The Kier molecular flexibility index (Phi) is 5.44. The van der Waals surface area contributed by atoms with E-state index in [1.54, 1.807) is 24.6 Å². The van der Waals surface area contributed by atoms with Crippen LogP contribution >= 0.6 is 11.3 Å². The maximum atomic E-state index is 5.59. The van der Waals surface area contributed by atoms with Crippen LogP contribution in [-0.4, -0.2) is 58.6 Å². The maximum absolute atomic E-state index is 5.59. The molecule has 2 N–H and O–H groups in total. The predicted octanol–water partition coefficient (Wildman–Crippen LogP) is 4.09. The number of anilines is 2. The zero-order valence-corrected chi connectivity index (χ0v) is 19.4. The van der Waals surface area contributed by atoms with Crippen LogP contribution in [0.1, 0.15) is 4.88 Å². The van der Waals surface area contributed by atoms with E-state index >= 15 is 0 Å². The number of fused-ring (bicyclic) bond motifs is 2. The van der Waals surface area contributed by atoms with E-state index in [0.29, 0.717) is 31.5 Å². The average Bonchev–Trinajstić information content (AvgIpc) is 3.54. The van der Waals surface area contributed by atoms with Gasteiger partial charge in [0.2, 0.25) is 5.88 Å². The highest BCUT2D eigenvalue weighted by atomic mass is 32.1. The van der Waals surface area contributed by atoms with Crippen molar-refractivity contribution in [1.82, 2.24) is 25.1 Å². The minimum atomic E-state index is 0.595. The number of hydrogen-bond donors (Lipinski definition) is 2. The summed E-state index contributed by atoms with van der Waals surface area (Å²) in [6.07, 6.45) is 3.60. The molecular formula is C24H23N7O2S. The van der Waals surface area contributed by atoms with Crippen LogP contribution in [0.15, 0.2) is 48.8 Å². The minimum Gasteiger partial charge on any atom is -0.481 e. The van der Waals surface area contributed by atoms with Crippen molar-refractivity contribution in [2.24, 2.45) is 0 Å². The van der Waals surface area contributed by atoms with Crippen molar-refractivity contribution >= 4 is 44.0 Å². The van der Waals surface area contributed by atoms with Crippen LogP contribution in [-0.2, 0) is 11.3 Å². The molecule has 1 fully saturated rings. The van der Waals surface area contributed by atoms with E-state index in [-0.39, 0.29) is 0 Å². The second kappa shape index (κ2) is 8.88. The number of aromatic amines is 1. The molecule has 0 saturated carbocycles. The lowest BCUT2D eigenvalue weighted by Gasteiger charge is -2.28. The van der Waals surface area contributed by atoms with Gasteiger partial charge in [-0.2, -0.15) is 5.10 Å². The van der Waals surface area contributed by atoms with Crippen molar-refractivity contribution in [3.63, 3.8) is 0 Å². The number of thiophene rings is 1. The Bertz CT molecular complexity index is 1440. The van der Waals surface area contributed by atoms with Crippen LogP contribution in [0.5, 0.6) is 5.88 Å². The molecule has 0 aliphatic carbocycles. The third kappa shape index (κ3) is 3.91. The number of aromatic nitrogens is 5. The Labute approximate surface area is 199 Å². The van der Waals surface area contributed by atoms with Crippen LogP contribution in [0.4, 0.5) is 11.5 Å². The largest absolute Gasteiger partial charge is 0.481 e. The molecule has 5 aromatic rings. The number of H-pyrrole nitrogens is 1. The van der Waals surface area contributed by atoms with E-state index < -0.39 is 0 Å².